The van der Waals surface area contributed by atoms with Crippen LogP contribution in [-0.4, -0.2) is 81.1 Å². The predicted octanol–water partition coefficient (Wildman–Crippen LogP) is 4.91. The summed E-state index contributed by atoms with van der Waals surface area (Å²) in [4.78, 5) is 0. The van der Waals surface area contributed by atoms with Crippen LogP contribution >= 0.6 is 30.6 Å². The maximum Gasteiger partial charge on any atom is 0.501 e. The van der Waals surface area contributed by atoms with E-state index in [9.17, 15) is 5.11 Å². The van der Waals surface area contributed by atoms with E-state index in [4.69, 9.17) is 43.0 Å². The lowest BCUT2D eigenvalue weighted by molar-refractivity contribution is -0.0136. The molecule has 0 bridgehead atoms. The van der Waals surface area contributed by atoms with E-state index in [1.807, 2.05) is 13.8 Å². The Balaban J connectivity index is 2.60. The van der Waals surface area contributed by atoms with Crippen LogP contribution in [-0.2, 0) is 43.0 Å². The van der Waals surface area contributed by atoms with Crippen LogP contribution in [0.1, 0.15) is 40.5 Å². The van der Waals surface area contributed by atoms with E-state index in [0.717, 1.165) is 30.7 Å². The third-order valence-electron chi connectivity index (χ3n) is 5.38. The molecular formula is C21H47O8PS3Si2. The van der Waals surface area contributed by atoms with Crippen molar-refractivity contribution in [3.8, 4) is 0 Å². The maximum atomic E-state index is 9.40. The highest BCUT2D eigenvalue weighted by atomic mass is 32.9. The van der Waals surface area contributed by atoms with E-state index in [0.29, 0.717) is 52.2 Å². The molecule has 1 fully saturated rings. The lowest BCUT2D eigenvalue weighted by Gasteiger charge is -2.36. The molecule has 1 aliphatic rings. The molecule has 210 valence electrons. The average molecular weight is 611 g/mol. The number of aliphatic hydroxyl groups excluding tert-OH is 1. The Morgan fingerprint density at radius 2 is 1.74 bits per heavy atom. The summed E-state index contributed by atoms with van der Waals surface area (Å²) in [6, 6.07) is 1.52. The monoisotopic (exact) mass is 610 g/mol. The number of hydrogen-bond donors (Lipinski definition) is 3. The minimum absolute atomic E-state index is 0.0460. The van der Waals surface area contributed by atoms with Crippen LogP contribution < -0.4 is 0 Å². The van der Waals surface area contributed by atoms with Crippen LogP contribution in [0.3, 0.4) is 0 Å². The van der Waals surface area contributed by atoms with Gasteiger partial charge in [-0.3, -0.25) is 0 Å². The Bertz CT molecular complexity index is 614. The van der Waals surface area contributed by atoms with E-state index in [2.05, 4.69) is 45.3 Å². The highest BCUT2D eigenvalue weighted by Crippen LogP contribution is 2.53. The second kappa shape index (κ2) is 17.9. The minimum Gasteiger partial charge on any atom is -0.396 e. The molecule has 1 rings (SSSR count). The molecule has 0 spiro atoms. The minimum atomic E-state index is -2.66. The van der Waals surface area contributed by atoms with Gasteiger partial charge in [0.1, 0.15) is 0 Å². The summed E-state index contributed by atoms with van der Waals surface area (Å²) in [6.07, 6.45) is 1.63. The van der Waals surface area contributed by atoms with Crippen molar-refractivity contribution in [2.45, 2.75) is 59.2 Å². The van der Waals surface area contributed by atoms with E-state index >= 15 is 0 Å². The van der Waals surface area contributed by atoms with Crippen molar-refractivity contribution >= 4 is 59.7 Å². The molecule has 35 heavy (non-hydrogen) atoms. The SMILES string of the molecule is CCOP(=S)(S)OCCC[Si@@](C)(OCC(C)CO)OCC(C)CO[Si]1(CCCS)OCC(C)CO1. The van der Waals surface area contributed by atoms with E-state index in [1.165, 1.54) is 0 Å². The van der Waals surface area contributed by atoms with Crippen LogP contribution in [0.4, 0.5) is 0 Å². The predicted molar refractivity (Wildman–Crippen MR) is 155 cm³/mol. The molecule has 0 radical (unpaired) electrons. The van der Waals surface area contributed by atoms with Crippen molar-refractivity contribution in [3.05, 3.63) is 0 Å². The molecule has 1 heterocycles. The molecule has 14 heteroatoms. The lowest BCUT2D eigenvalue weighted by atomic mass is 10.2. The molecule has 1 N–H and O–H groups in total. The molecular weight excluding hydrogens is 564 g/mol. The van der Waals surface area contributed by atoms with Crippen LogP contribution in [0, 0.1) is 17.8 Å². The fourth-order valence-electron chi connectivity index (χ4n) is 3.19. The van der Waals surface area contributed by atoms with Crippen molar-refractivity contribution in [3.63, 3.8) is 0 Å². The number of rotatable bonds is 20. The summed E-state index contributed by atoms with van der Waals surface area (Å²) in [5, 5.41) is 9.40. The molecule has 4 atom stereocenters. The first-order valence-corrected chi connectivity index (χ1v) is 21.4. The number of thiol groups is 2. The topological polar surface area (TPSA) is 84.8 Å². The van der Waals surface area contributed by atoms with Crippen molar-refractivity contribution < 1.29 is 36.3 Å². The Hall–Kier alpha value is 1.46. The average Bonchev–Trinajstić information content (AvgIpc) is 2.83. The zero-order chi connectivity index (χ0) is 26.4. The largest absolute Gasteiger partial charge is 0.501 e. The van der Waals surface area contributed by atoms with Gasteiger partial charge >= 0.3 is 17.4 Å². The summed E-state index contributed by atoms with van der Waals surface area (Å²) in [6.45, 7) is 13.9. The Labute approximate surface area is 230 Å². The van der Waals surface area contributed by atoms with Gasteiger partial charge in [-0.25, -0.2) is 0 Å². The summed E-state index contributed by atoms with van der Waals surface area (Å²) in [5.74, 6) is 1.35. The highest BCUT2D eigenvalue weighted by molar-refractivity contribution is 8.60. The van der Waals surface area contributed by atoms with Crippen molar-refractivity contribution in [1.82, 2.24) is 0 Å². The van der Waals surface area contributed by atoms with E-state index < -0.39 is 23.1 Å². The summed E-state index contributed by atoms with van der Waals surface area (Å²) < 4.78 is 42.2. The third kappa shape index (κ3) is 15.0. The molecule has 8 nitrogen and oxygen atoms in total. The van der Waals surface area contributed by atoms with Gasteiger partial charge < -0.3 is 36.3 Å². The first-order chi connectivity index (χ1) is 16.5. The molecule has 3 unspecified atom stereocenters. The number of aliphatic hydroxyl groups is 1. The van der Waals surface area contributed by atoms with Crippen LogP contribution in [0.25, 0.3) is 0 Å². The Morgan fingerprint density at radius 1 is 1.11 bits per heavy atom. The van der Waals surface area contributed by atoms with Gasteiger partial charge in [0.25, 0.3) is 0 Å². The molecule has 0 aliphatic carbocycles. The lowest BCUT2D eigenvalue weighted by Crippen LogP contribution is -2.52. The summed E-state index contributed by atoms with van der Waals surface area (Å²) >= 11 is 13.9. The van der Waals surface area contributed by atoms with Gasteiger partial charge in [-0.1, -0.05) is 33.0 Å². The molecule has 0 saturated carbocycles. The zero-order valence-corrected chi connectivity index (χ0v) is 27.5. The molecule has 0 aromatic rings. The maximum absolute atomic E-state index is 9.40. The standard InChI is InChI=1S/C21H47O8PS3Si2/c1-6-23-30(32,33)24-9-7-11-34(5,25-14-19(2)13-22)26-15-20(3)16-27-35(12-8-10-31)28-17-21(4)18-29-35/h19-22,31H,6-18H2,1-5H3,(H,32,33)/t19?,20?,21?,34-,35?/m0/s1. The highest BCUT2D eigenvalue weighted by Gasteiger charge is 2.44. The fourth-order valence-corrected chi connectivity index (χ4v) is 10.9. The van der Waals surface area contributed by atoms with Crippen molar-refractivity contribution in [1.29, 1.82) is 0 Å². The second-order valence-electron chi connectivity index (χ2n) is 9.52. The van der Waals surface area contributed by atoms with Gasteiger partial charge in [-0.15, -0.1) is 0 Å². The van der Waals surface area contributed by atoms with E-state index in [1.54, 1.807) is 0 Å². The smallest absolute Gasteiger partial charge is 0.396 e. The van der Waals surface area contributed by atoms with Gasteiger partial charge in [0.2, 0.25) is 5.69 Å². The van der Waals surface area contributed by atoms with Gasteiger partial charge in [-0.2, -0.15) is 12.6 Å². The van der Waals surface area contributed by atoms with Crippen molar-refractivity contribution in [2.75, 3.05) is 58.6 Å². The molecule has 1 aliphatic heterocycles. The normalized spacial score (nSPS) is 26.1. The zero-order valence-electron chi connectivity index (χ0n) is 22.0. The fraction of sp³-hybridized carbons (Fsp3) is 1.00. The van der Waals surface area contributed by atoms with Crippen LogP contribution in [0.5, 0.6) is 0 Å². The van der Waals surface area contributed by atoms with Gasteiger partial charge in [-0.05, 0) is 49.9 Å². The molecule has 0 aromatic carbocycles. The van der Waals surface area contributed by atoms with Crippen LogP contribution in [0.2, 0.25) is 18.6 Å². The molecule has 0 amide bonds. The van der Waals surface area contributed by atoms with E-state index in [-0.39, 0.29) is 18.4 Å². The summed E-state index contributed by atoms with van der Waals surface area (Å²) in [5.41, 5.74) is -2.50. The third-order valence-corrected chi connectivity index (χ3v) is 13.7. The molecule has 0 aromatic heterocycles. The first kappa shape index (κ1) is 34.5. The molecule has 1 saturated heterocycles. The second-order valence-corrected chi connectivity index (χ2v) is 21.3. The Kier molecular flexibility index (Phi) is 17.7. The van der Waals surface area contributed by atoms with Crippen molar-refractivity contribution in [2.24, 2.45) is 17.8 Å². The van der Waals surface area contributed by atoms with Gasteiger partial charge in [0.05, 0.1) is 13.2 Å². The Morgan fingerprint density at radius 3 is 2.31 bits per heavy atom. The van der Waals surface area contributed by atoms with Gasteiger partial charge in [0.15, 0.2) is 0 Å². The van der Waals surface area contributed by atoms with Crippen LogP contribution in [0.15, 0.2) is 0 Å². The quantitative estimate of drug-likeness (QED) is 0.0771. The number of hydrogen-bond acceptors (Lipinski definition) is 10. The summed E-state index contributed by atoms with van der Waals surface area (Å²) in [7, 11) is -5.18. The first-order valence-electron chi connectivity index (χ1n) is 12.5. The van der Waals surface area contributed by atoms with Gasteiger partial charge in [0, 0.05) is 63.4 Å².